The summed E-state index contributed by atoms with van der Waals surface area (Å²) < 4.78 is 9.00. The van der Waals surface area contributed by atoms with E-state index >= 15 is 0 Å². The molecule has 0 aliphatic carbocycles. The van der Waals surface area contributed by atoms with E-state index in [4.69, 9.17) is 4.74 Å². The first-order chi connectivity index (χ1) is 12.2. The van der Waals surface area contributed by atoms with Crippen LogP contribution in [0.15, 0.2) is 36.9 Å². The molecule has 4 rings (SSSR count). The normalized spacial score (nSPS) is 15.6. The number of amides is 1. The molecule has 7 heteroatoms. The van der Waals surface area contributed by atoms with Crippen LogP contribution in [0.1, 0.15) is 40.5 Å². The number of aryl methyl sites for hydroxylation is 1. The van der Waals surface area contributed by atoms with E-state index < -0.39 is 0 Å². The van der Waals surface area contributed by atoms with E-state index in [0.29, 0.717) is 18.2 Å². The summed E-state index contributed by atoms with van der Waals surface area (Å²) in [4.78, 5) is 16.6. The summed E-state index contributed by atoms with van der Waals surface area (Å²) in [7, 11) is 1.81. The Balaban J connectivity index is 1.44. The van der Waals surface area contributed by atoms with Crippen LogP contribution in [-0.2, 0) is 18.3 Å². The highest BCUT2D eigenvalue weighted by atomic mass is 16.5. The summed E-state index contributed by atoms with van der Waals surface area (Å²) in [6.45, 7) is 1.99. The number of hydrogen-bond donors (Lipinski definition) is 1. The number of hydrogen-bond acceptors (Lipinski definition) is 4. The van der Waals surface area contributed by atoms with Crippen LogP contribution < -0.4 is 5.32 Å². The lowest BCUT2D eigenvalue weighted by Gasteiger charge is -2.19. The number of nitrogens with zero attached hydrogens (tertiary/aromatic N) is 4. The van der Waals surface area contributed by atoms with E-state index in [1.807, 2.05) is 35.8 Å². The molecule has 0 aromatic carbocycles. The molecule has 0 saturated carbocycles. The van der Waals surface area contributed by atoms with Crippen molar-refractivity contribution >= 4 is 11.4 Å². The summed E-state index contributed by atoms with van der Waals surface area (Å²) in [6.07, 6.45) is 7.45. The molecular formula is C18H21N5O2. The van der Waals surface area contributed by atoms with Crippen LogP contribution in [0.2, 0.25) is 0 Å². The monoisotopic (exact) mass is 339 g/mol. The highest BCUT2D eigenvalue weighted by Gasteiger charge is 2.21. The second-order valence-electron chi connectivity index (χ2n) is 6.41. The molecule has 0 bridgehead atoms. The lowest BCUT2D eigenvalue weighted by Crippen LogP contribution is -2.25. The van der Waals surface area contributed by atoms with Crippen LogP contribution in [0.4, 0.5) is 0 Å². The van der Waals surface area contributed by atoms with E-state index in [0.717, 1.165) is 42.8 Å². The van der Waals surface area contributed by atoms with Crippen LogP contribution >= 0.6 is 0 Å². The quantitative estimate of drug-likeness (QED) is 0.788. The van der Waals surface area contributed by atoms with Crippen molar-refractivity contribution in [1.29, 1.82) is 0 Å². The second kappa shape index (κ2) is 6.68. The Hall–Kier alpha value is -2.67. The Labute approximate surface area is 145 Å². The largest absolute Gasteiger partial charge is 0.381 e. The molecule has 1 N–H and O–H groups in total. The fourth-order valence-electron chi connectivity index (χ4n) is 3.24. The van der Waals surface area contributed by atoms with Gasteiger partial charge in [0, 0.05) is 38.9 Å². The lowest BCUT2D eigenvalue weighted by molar-refractivity contribution is 0.0844. The summed E-state index contributed by atoms with van der Waals surface area (Å²) in [5.41, 5.74) is 3.62. The number of imidazole rings is 1. The third-order valence-electron chi connectivity index (χ3n) is 4.69. The van der Waals surface area contributed by atoms with Crippen LogP contribution in [0.3, 0.4) is 0 Å². The fraction of sp³-hybridized carbons (Fsp3) is 0.389. The number of fused-ring (bicyclic) bond motifs is 1. The summed E-state index contributed by atoms with van der Waals surface area (Å²) in [6, 6.07) is 5.89. The molecule has 25 heavy (non-hydrogen) atoms. The molecule has 0 spiro atoms. The first kappa shape index (κ1) is 15.8. The first-order valence-electron chi connectivity index (χ1n) is 8.51. The van der Waals surface area contributed by atoms with Crippen molar-refractivity contribution in [3.05, 3.63) is 53.9 Å². The van der Waals surface area contributed by atoms with Gasteiger partial charge in [-0.25, -0.2) is 4.98 Å². The zero-order chi connectivity index (χ0) is 17.2. The molecule has 1 saturated heterocycles. The van der Waals surface area contributed by atoms with Gasteiger partial charge in [-0.2, -0.15) is 5.10 Å². The average Bonchev–Trinajstić information content (AvgIpc) is 3.26. The zero-order valence-electron chi connectivity index (χ0n) is 14.2. The van der Waals surface area contributed by atoms with Crippen LogP contribution in [0.5, 0.6) is 0 Å². The van der Waals surface area contributed by atoms with Gasteiger partial charge in [0.2, 0.25) is 0 Å². The van der Waals surface area contributed by atoms with Crippen molar-refractivity contribution in [2.24, 2.45) is 7.05 Å². The molecule has 130 valence electrons. The summed E-state index contributed by atoms with van der Waals surface area (Å²) >= 11 is 0. The van der Waals surface area contributed by atoms with Gasteiger partial charge < -0.3 is 14.5 Å². The molecule has 0 radical (unpaired) electrons. The maximum absolute atomic E-state index is 12.5. The topological polar surface area (TPSA) is 73.5 Å². The number of nitrogens with one attached hydrogen (secondary N) is 1. The highest BCUT2D eigenvalue weighted by molar-refractivity contribution is 5.92. The lowest BCUT2D eigenvalue weighted by atomic mass is 9.96. The molecule has 0 atom stereocenters. The standard InChI is InChI=1S/C18H21N5O2/c1-22-17(8-16(21-22)14-4-6-25-7-5-14)18(24)20-9-13-2-3-15-10-19-12-23(15)11-13/h2-3,8,10-12,14H,4-7,9H2,1H3,(H,20,24). The zero-order valence-corrected chi connectivity index (χ0v) is 14.2. The number of rotatable bonds is 4. The Morgan fingerprint density at radius 3 is 3.04 bits per heavy atom. The van der Waals surface area contributed by atoms with Crippen molar-refractivity contribution < 1.29 is 9.53 Å². The van der Waals surface area contributed by atoms with E-state index in [-0.39, 0.29) is 5.91 Å². The maximum atomic E-state index is 12.5. The van der Waals surface area contributed by atoms with Gasteiger partial charge in [0.05, 0.1) is 23.7 Å². The van der Waals surface area contributed by atoms with Crippen molar-refractivity contribution in [2.75, 3.05) is 13.2 Å². The van der Waals surface area contributed by atoms with Gasteiger partial charge in [-0.05, 0) is 30.5 Å². The maximum Gasteiger partial charge on any atom is 0.269 e. The minimum absolute atomic E-state index is 0.112. The van der Waals surface area contributed by atoms with Gasteiger partial charge in [-0.15, -0.1) is 0 Å². The van der Waals surface area contributed by atoms with Gasteiger partial charge >= 0.3 is 0 Å². The summed E-state index contributed by atoms with van der Waals surface area (Å²) in [5, 5.41) is 7.50. The van der Waals surface area contributed by atoms with Crippen LogP contribution in [0.25, 0.3) is 5.52 Å². The predicted molar refractivity (Wildman–Crippen MR) is 92.4 cm³/mol. The third kappa shape index (κ3) is 3.28. The smallest absolute Gasteiger partial charge is 0.269 e. The van der Waals surface area contributed by atoms with Crippen molar-refractivity contribution in [3.8, 4) is 0 Å². The molecule has 1 fully saturated rings. The highest BCUT2D eigenvalue weighted by Crippen LogP contribution is 2.26. The third-order valence-corrected chi connectivity index (χ3v) is 4.69. The first-order valence-corrected chi connectivity index (χ1v) is 8.51. The molecule has 1 aliphatic heterocycles. The van der Waals surface area contributed by atoms with Crippen LogP contribution in [0, 0.1) is 0 Å². The van der Waals surface area contributed by atoms with E-state index in [1.54, 1.807) is 17.2 Å². The Kier molecular flexibility index (Phi) is 4.23. The Morgan fingerprint density at radius 1 is 1.36 bits per heavy atom. The molecule has 7 nitrogen and oxygen atoms in total. The fourth-order valence-corrected chi connectivity index (χ4v) is 3.24. The predicted octanol–water partition coefficient (Wildman–Crippen LogP) is 1.89. The number of ether oxygens (including phenoxy) is 1. The number of carbonyl (C=O) groups excluding carboxylic acids is 1. The molecule has 3 aromatic heterocycles. The van der Waals surface area contributed by atoms with Crippen LogP contribution in [-0.4, -0.2) is 38.3 Å². The van der Waals surface area contributed by atoms with Crippen molar-refractivity contribution in [1.82, 2.24) is 24.5 Å². The second-order valence-corrected chi connectivity index (χ2v) is 6.41. The summed E-state index contributed by atoms with van der Waals surface area (Å²) in [5.74, 6) is 0.268. The van der Waals surface area contributed by atoms with Crippen molar-refractivity contribution in [2.45, 2.75) is 25.3 Å². The molecule has 3 aromatic rings. The molecule has 0 unspecified atom stereocenters. The average molecular weight is 339 g/mol. The minimum atomic E-state index is -0.112. The minimum Gasteiger partial charge on any atom is -0.381 e. The van der Waals surface area contributed by atoms with Gasteiger partial charge in [0.1, 0.15) is 5.69 Å². The Morgan fingerprint density at radius 2 is 2.20 bits per heavy atom. The van der Waals surface area contributed by atoms with E-state index in [2.05, 4.69) is 15.4 Å². The number of aromatic nitrogens is 4. The van der Waals surface area contributed by atoms with E-state index in [1.165, 1.54) is 0 Å². The van der Waals surface area contributed by atoms with Gasteiger partial charge in [-0.3, -0.25) is 9.48 Å². The SMILES string of the molecule is Cn1nc(C2CCOCC2)cc1C(=O)NCc1ccc2cncn2c1. The number of pyridine rings is 1. The van der Waals surface area contributed by atoms with Gasteiger partial charge in [0.15, 0.2) is 0 Å². The number of carbonyl (C=O) groups is 1. The van der Waals surface area contributed by atoms with Gasteiger partial charge in [0.25, 0.3) is 5.91 Å². The Bertz CT molecular complexity index is 892. The molecule has 1 amide bonds. The van der Waals surface area contributed by atoms with E-state index in [9.17, 15) is 4.79 Å². The molecule has 4 heterocycles. The van der Waals surface area contributed by atoms with Gasteiger partial charge in [-0.1, -0.05) is 6.07 Å². The molecular weight excluding hydrogens is 318 g/mol. The van der Waals surface area contributed by atoms with Crippen molar-refractivity contribution in [3.63, 3.8) is 0 Å². The molecule has 1 aliphatic rings.